The first-order valence-electron chi connectivity index (χ1n) is 15.4. The molecule has 1 fully saturated rings. The molecule has 8 nitrogen and oxygen atoms in total. The Morgan fingerprint density at radius 2 is 1.67 bits per heavy atom. The van der Waals surface area contributed by atoms with Crippen LogP contribution in [-0.4, -0.2) is 61.2 Å². The van der Waals surface area contributed by atoms with E-state index >= 15 is 0 Å². The van der Waals surface area contributed by atoms with Crippen molar-refractivity contribution in [1.29, 1.82) is 0 Å². The van der Waals surface area contributed by atoms with Gasteiger partial charge in [0.05, 0.1) is 33.0 Å². The summed E-state index contributed by atoms with van der Waals surface area (Å²) in [4.78, 5) is 14.8. The molecule has 1 aliphatic heterocycles. The SMILES string of the molecule is COc1ccccc1COc1cc(COC2CN(C(=O)OC(C)(C)C)CCC2c2ccc(OCCO)cc2)cc2ccccc12. The average molecular weight is 614 g/mol. The van der Waals surface area contributed by atoms with Crippen molar-refractivity contribution < 1.29 is 33.6 Å². The first-order chi connectivity index (χ1) is 21.7. The van der Waals surface area contributed by atoms with Gasteiger partial charge in [0.15, 0.2) is 0 Å². The molecule has 1 N–H and O–H groups in total. The highest BCUT2D eigenvalue weighted by atomic mass is 16.6. The maximum Gasteiger partial charge on any atom is 0.410 e. The van der Waals surface area contributed by atoms with Crippen LogP contribution in [0.25, 0.3) is 10.8 Å². The number of aliphatic hydroxyl groups is 1. The van der Waals surface area contributed by atoms with Crippen LogP contribution in [0.15, 0.2) is 84.9 Å². The Morgan fingerprint density at radius 3 is 2.42 bits per heavy atom. The molecule has 4 aromatic carbocycles. The summed E-state index contributed by atoms with van der Waals surface area (Å²) in [6.07, 6.45) is 0.131. The van der Waals surface area contributed by atoms with E-state index in [4.69, 9.17) is 28.8 Å². The van der Waals surface area contributed by atoms with Crippen LogP contribution in [0.4, 0.5) is 4.79 Å². The monoisotopic (exact) mass is 613 g/mol. The number of likely N-dealkylation sites (tertiary alicyclic amines) is 1. The summed E-state index contributed by atoms with van der Waals surface area (Å²) in [7, 11) is 1.66. The molecule has 45 heavy (non-hydrogen) atoms. The molecule has 0 bridgehead atoms. The van der Waals surface area contributed by atoms with Crippen LogP contribution in [0.1, 0.15) is 49.8 Å². The van der Waals surface area contributed by atoms with Gasteiger partial charge in [-0.05, 0) is 74.0 Å². The highest BCUT2D eigenvalue weighted by molar-refractivity contribution is 5.89. The Bertz CT molecular complexity index is 1560. The third kappa shape index (κ3) is 8.47. The first kappa shape index (κ1) is 32.1. The number of methoxy groups -OCH3 is 1. The van der Waals surface area contributed by atoms with Gasteiger partial charge in [-0.25, -0.2) is 4.79 Å². The molecule has 2 atom stereocenters. The average Bonchev–Trinajstić information content (AvgIpc) is 3.04. The van der Waals surface area contributed by atoms with Gasteiger partial charge in [-0.2, -0.15) is 0 Å². The molecular weight excluding hydrogens is 570 g/mol. The Kier molecular flexibility index (Phi) is 10.5. The molecule has 4 aromatic rings. The second-order valence-corrected chi connectivity index (χ2v) is 12.2. The number of para-hydroxylation sites is 1. The van der Waals surface area contributed by atoms with Gasteiger partial charge in [-0.3, -0.25) is 0 Å². The zero-order chi connectivity index (χ0) is 31.8. The van der Waals surface area contributed by atoms with Gasteiger partial charge in [0.2, 0.25) is 0 Å². The number of benzene rings is 4. The number of amides is 1. The van der Waals surface area contributed by atoms with Crippen molar-refractivity contribution in [3.8, 4) is 17.2 Å². The number of aliphatic hydroxyl groups excluding tert-OH is 1. The Morgan fingerprint density at radius 1 is 0.911 bits per heavy atom. The molecule has 0 radical (unpaired) electrons. The van der Waals surface area contributed by atoms with E-state index in [2.05, 4.69) is 18.2 Å². The summed E-state index contributed by atoms with van der Waals surface area (Å²) in [6, 6.07) is 28.1. The van der Waals surface area contributed by atoms with E-state index in [1.807, 2.05) is 87.5 Å². The van der Waals surface area contributed by atoms with Crippen molar-refractivity contribution in [1.82, 2.24) is 4.90 Å². The van der Waals surface area contributed by atoms with E-state index in [0.717, 1.165) is 45.4 Å². The molecule has 1 aliphatic rings. The molecule has 1 amide bonds. The summed E-state index contributed by atoms with van der Waals surface area (Å²) in [5.74, 6) is 2.32. The van der Waals surface area contributed by atoms with Crippen LogP contribution in [-0.2, 0) is 22.7 Å². The third-order valence-electron chi connectivity index (χ3n) is 7.80. The molecule has 2 unspecified atom stereocenters. The summed E-state index contributed by atoms with van der Waals surface area (Å²) < 4.78 is 29.8. The Labute approximate surface area is 265 Å². The van der Waals surface area contributed by atoms with Gasteiger partial charge in [0.25, 0.3) is 0 Å². The summed E-state index contributed by atoms with van der Waals surface area (Å²) in [5.41, 5.74) is 2.47. The summed E-state index contributed by atoms with van der Waals surface area (Å²) >= 11 is 0. The van der Waals surface area contributed by atoms with Gasteiger partial charge >= 0.3 is 6.09 Å². The number of hydrogen-bond donors (Lipinski definition) is 1. The lowest BCUT2D eigenvalue weighted by Crippen LogP contribution is -2.48. The second kappa shape index (κ2) is 14.7. The molecule has 0 saturated carbocycles. The number of piperidine rings is 1. The molecule has 1 heterocycles. The fourth-order valence-corrected chi connectivity index (χ4v) is 5.65. The van der Waals surface area contributed by atoms with Crippen molar-refractivity contribution in [2.75, 3.05) is 33.4 Å². The molecule has 1 saturated heterocycles. The Balaban J connectivity index is 1.37. The smallest absolute Gasteiger partial charge is 0.410 e. The lowest BCUT2D eigenvalue weighted by molar-refractivity contribution is -0.0359. The lowest BCUT2D eigenvalue weighted by atomic mass is 9.87. The third-order valence-corrected chi connectivity index (χ3v) is 7.80. The van der Waals surface area contributed by atoms with E-state index in [0.29, 0.717) is 32.1 Å². The number of nitrogens with zero attached hydrogens (tertiary/aromatic N) is 1. The quantitative estimate of drug-likeness (QED) is 0.193. The number of hydrogen-bond acceptors (Lipinski definition) is 7. The molecule has 0 aromatic heterocycles. The molecular formula is C37H43NO7. The van der Waals surface area contributed by atoms with Crippen LogP contribution in [0.3, 0.4) is 0 Å². The zero-order valence-electron chi connectivity index (χ0n) is 26.5. The van der Waals surface area contributed by atoms with E-state index in [9.17, 15) is 4.79 Å². The van der Waals surface area contributed by atoms with Crippen molar-refractivity contribution in [2.24, 2.45) is 0 Å². The normalized spacial score (nSPS) is 16.8. The van der Waals surface area contributed by atoms with Gasteiger partial charge in [-0.15, -0.1) is 0 Å². The van der Waals surface area contributed by atoms with Crippen molar-refractivity contribution >= 4 is 16.9 Å². The van der Waals surface area contributed by atoms with E-state index < -0.39 is 5.60 Å². The minimum Gasteiger partial charge on any atom is -0.496 e. The summed E-state index contributed by atoms with van der Waals surface area (Å²) in [5, 5.41) is 11.2. The second-order valence-electron chi connectivity index (χ2n) is 12.2. The topological polar surface area (TPSA) is 86.7 Å². The first-order valence-corrected chi connectivity index (χ1v) is 15.4. The standard InChI is InChI=1S/C37H43NO7/c1-37(2,3)45-36(40)38-18-17-32(27-13-15-30(16-14-27)42-20-19-39)35(23-38)43-24-26-21-28-9-5-7-11-31(28)34(22-26)44-25-29-10-6-8-12-33(29)41-4/h5-16,21-22,32,35,39H,17-20,23-25H2,1-4H3. The van der Waals surface area contributed by atoms with Crippen LogP contribution in [0.5, 0.6) is 17.2 Å². The van der Waals surface area contributed by atoms with Gasteiger partial charge in [-0.1, -0.05) is 54.6 Å². The number of fused-ring (bicyclic) bond motifs is 1. The maximum atomic E-state index is 13.0. The van der Waals surface area contributed by atoms with E-state index in [-0.39, 0.29) is 31.3 Å². The predicted molar refractivity (Wildman–Crippen MR) is 174 cm³/mol. The Hall–Kier alpha value is -4.27. The van der Waals surface area contributed by atoms with E-state index in [1.165, 1.54) is 0 Å². The highest BCUT2D eigenvalue weighted by Crippen LogP contribution is 2.34. The molecule has 238 valence electrons. The van der Waals surface area contributed by atoms with Crippen LogP contribution < -0.4 is 14.2 Å². The van der Waals surface area contributed by atoms with Crippen LogP contribution in [0.2, 0.25) is 0 Å². The van der Waals surface area contributed by atoms with Gasteiger partial charge in [0.1, 0.15) is 36.1 Å². The largest absolute Gasteiger partial charge is 0.496 e. The van der Waals surface area contributed by atoms with E-state index in [1.54, 1.807) is 12.0 Å². The number of carbonyl (C=O) groups excluding carboxylic acids is 1. The molecule has 0 spiro atoms. The number of rotatable bonds is 11. The van der Waals surface area contributed by atoms with Crippen LogP contribution >= 0.6 is 0 Å². The lowest BCUT2D eigenvalue weighted by Gasteiger charge is -2.39. The minimum atomic E-state index is -0.583. The molecule has 5 rings (SSSR count). The zero-order valence-corrected chi connectivity index (χ0v) is 26.5. The van der Waals surface area contributed by atoms with Gasteiger partial charge in [0, 0.05) is 23.4 Å². The van der Waals surface area contributed by atoms with Crippen LogP contribution in [0, 0.1) is 0 Å². The highest BCUT2D eigenvalue weighted by Gasteiger charge is 2.35. The number of carbonyl (C=O) groups is 1. The number of ether oxygens (including phenoxy) is 5. The summed E-state index contributed by atoms with van der Waals surface area (Å²) in [6.45, 7) is 7.52. The van der Waals surface area contributed by atoms with Crippen molar-refractivity contribution in [2.45, 2.75) is 58.0 Å². The predicted octanol–water partition coefficient (Wildman–Crippen LogP) is 7.11. The molecule has 0 aliphatic carbocycles. The van der Waals surface area contributed by atoms with Crippen molar-refractivity contribution in [3.63, 3.8) is 0 Å². The van der Waals surface area contributed by atoms with Gasteiger partial charge < -0.3 is 33.7 Å². The molecule has 8 heteroatoms. The maximum absolute atomic E-state index is 13.0. The van der Waals surface area contributed by atoms with Crippen molar-refractivity contribution in [3.05, 3.63) is 102 Å². The fraction of sp³-hybridized carbons (Fsp3) is 0.378. The fourth-order valence-electron chi connectivity index (χ4n) is 5.65. The minimum absolute atomic E-state index is 0.0389.